The molecule has 290 valence electrons. The van der Waals surface area contributed by atoms with E-state index < -0.39 is 0 Å². The fourth-order valence-electron chi connectivity index (χ4n) is 3.25. The maximum atomic E-state index is 4.88. The molecule has 0 aliphatic carbocycles. The van der Waals surface area contributed by atoms with Gasteiger partial charge in [-0.3, -0.25) is 4.99 Å². The molecule has 0 N–H and O–H groups in total. The van der Waals surface area contributed by atoms with Crippen LogP contribution in [0.1, 0.15) is 220 Å². The highest BCUT2D eigenvalue weighted by molar-refractivity contribution is 5.83. The second-order valence-electron chi connectivity index (χ2n) is 10.5. The number of unbranched alkanes of at least 4 members (excludes halogenated alkanes) is 6. The van der Waals surface area contributed by atoms with Gasteiger partial charge < -0.3 is 0 Å². The van der Waals surface area contributed by atoms with Gasteiger partial charge in [0.2, 0.25) is 0 Å². The second-order valence-corrected chi connectivity index (χ2v) is 10.5. The average Bonchev–Trinajstić information content (AvgIpc) is 3.15. The number of allylic oxidation sites excluding steroid dienone is 4. The van der Waals surface area contributed by atoms with Crippen molar-refractivity contribution in [2.45, 2.75) is 222 Å². The Balaban J connectivity index is -0.0000000873. The van der Waals surface area contributed by atoms with Gasteiger partial charge >= 0.3 is 0 Å². The minimum absolute atomic E-state index is 0.681. The first-order valence-corrected chi connectivity index (χ1v) is 20.8. The second kappa shape index (κ2) is 67.3. The van der Waals surface area contributed by atoms with Crippen molar-refractivity contribution in [3.63, 3.8) is 0 Å². The largest absolute Gasteiger partial charge is 0.258 e. The van der Waals surface area contributed by atoms with Crippen molar-refractivity contribution >= 4 is 5.71 Å². The zero-order valence-electron chi connectivity index (χ0n) is 37.8. The Bertz CT molecular complexity index is 710. The van der Waals surface area contributed by atoms with Gasteiger partial charge in [-0.05, 0) is 50.7 Å². The molecule has 0 spiro atoms. The molecular formula is C47H97N. The topological polar surface area (TPSA) is 12.4 Å². The molecule has 0 aromatic heterocycles. The van der Waals surface area contributed by atoms with Crippen LogP contribution in [0.5, 0.6) is 0 Å². The van der Waals surface area contributed by atoms with Crippen molar-refractivity contribution in [3.05, 3.63) is 71.5 Å². The van der Waals surface area contributed by atoms with Crippen LogP contribution in [0.15, 0.2) is 65.3 Å². The van der Waals surface area contributed by atoms with E-state index in [1.54, 1.807) is 0 Å². The predicted molar refractivity (Wildman–Crippen MR) is 236 cm³/mol. The van der Waals surface area contributed by atoms with Crippen LogP contribution < -0.4 is 0 Å². The lowest BCUT2D eigenvalue weighted by molar-refractivity contribution is 0.586. The summed E-state index contributed by atoms with van der Waals surface area (Å²) in [5, 5.41) is 0. The highest BCUT2D eigenvalue weighted by Gasteiger charge is 2.04. The number of hydrogen-bond acceptors (Lipinski definition) is 1. The van der Waals surface area contributed by atoms with E-state index in [0.29, 0.717) is 5.92 Å². The number of aliphatic imine (C=N–C) groups is 1. The first kappa shape index (κ1) is 64.6. The van der Waals surface area contributed by atoms with E-state index in [2.05, 4.69) is 113 Å². The Morgan fingerprint density at radius 2 is 1.04 bits per heavy atom. The monoisotopic (exact) mass is 676 g/mol. The SMILES string of the molecule is C=C/C=C(C)\C(=C/Cc1ccc(C)cc1)N=C(C)CC(C)CC.CC.CC.CC.CC.CC.CCCC.CCCCC.CCCCCC. The predicted octanol–water partition coefficient (Wildman–Crippen LogP) is 18.2. The van der Waals surface area contributed by atoms with Crippen LogP contribution in [0.25, 0.3) is 0 Å². The summed E-state index contributed by atoms with van der Waals surface area (Å²) in [6, 6.07) is 8.69. The molecule has 0 saturated heterocycles. The number of aryl methyl sites for hydroxylation is 1. The third-order valence-corrected chi connectivity index (χ3v) is 6.24. The summed E-state index contributed by atoms with van der Waals surface area (Å²) in [6.07, 6.45) is 21.5. The first-order valence-electron chi connectivity index (χ1n) is 20.8. The molecule has 0 heterocycles. The molecule has 1 heteroatoms. The van der Waals surface area contributed by atoms with Gasteiger partial charge in [0, 0.05) is 5.71 Å². The van der Waals surface area contributed by atoms with Crippen molar-refractivity contribution in [1.29, 1.82) is 0 Å². The standard InChI is InChI=1S/C22H31N.C6H14.C5H12.C4H10.5C2H6/c1-7-9-19(5)22(23-20(6)16-17(3)8-2)15-14-21-12-10-18(4)11-13-21;1-3-5-6-4-2;1-3-5-4-2;1-3-4-2;5*1-2/h7,9-13,15,17H,1,8,14,16H2,2-6H3;3-6H2,1-2H3;3-5H2,1-2H3;3-4H2,1-2H3;5*1-2H3/b19-9-,22-15+,23-20?;;;;;;;;. The molecule has 0 amide bonds. The van der Waals surface area contributed by atoms with Crippen LogP contribution in [0.4, 0.5) is 0 Å². The molecule has 0 radical (unpaired) electrons. The molecule has 0 bridgehead atoms. The average molecular weight is 676 g/mol. The lowest BCUT2D eigenvalue weighted by Crippen LogP contribution is -2.02. The molecule has 1 aromatic rings. The zero-order valence-corrected chi connectivity index (χ0v) is 37.8. The van der Waals surface area contributed by atoms with E-state index in [4.69, 9.17) is 4.99 Å². The van der Waals surface area contributed by atoms with E-state index in [1.165, 1.54) is 81.0 Å². The van der Waals surface area contributed by atoms with Gasteiger partial charge in [0.1, 0.15) is 0 Å². The Labute approximate surface area is 309 Å². The molecule has 1 unspecified atom stereocenters. The minimum Gasteiger partial charge on any atom is -0.258 e. The number of benzene rings is 1. The summed E-state index contributed by atoms with van der Waals surface area (Å²) >= 11 is 0. The van der Waals surface area contributed by atoms with Crippen LogP contribution in [0.3, 0.4) is 0 Å². The van der Waals surface area contributed by atoms with Gasteiger partial charge in [0.05, 0.1) is 5.70 Å². The van der Waals surface area contributed by atoms with E-state index >= 15 is 0 Å². The summed E-state index contributed by atoms with van der Waals surface area (Å²) in [5.41, 5.74) is 6.03. The fourth-order valence-corrected chi connectivity index (χ4v) is 3.25. The summed E-state index contributed by atoms with van der Waals surface area (Å²) in [5.74, 6) is 0.681. The highest BCUT2D eigenvalue weighted by Crippen LogP contribution is 2.16. The lowest BCUT2D eigenvalue weighted by atomic mass is 10.0. The molecule has 1 atom stereocenters. The molecule has 1 rings (SSSR count). The van der Waals surface area contributed by atoms with Crippen LogP contribution in [0.2, 0.25) is 0 Å². The van der Waals surface area contributed by atoms with Gasteiger partial charge in [-0.2, -0.15) is 0 Å². The van der Waals surface area contributed by atoms with Crippen molar-refractivity contribution in [1.82, 2.24) is 0 Å². The number of nitrogens with zero attached hydrogens (tertiary/aromatic N) is 1. The fraction of sp³-hybridized carbons (Fsp3) is 0.723. The molecule has 0 saturated carbocycles. The molecule has 1 aromatic carbocycles. The molecular weight excluding hydrogens is 579 g/mol. The maximum Gasteiger partial charge on any atom is 0.0621 e. The number of hydrogen-bond donors (Lipinski definition) is 0. The molecule has 0 aliphatic rings. The van der Waals surface area contributed by atoms with E-state index in [0.717, 1.165) is 24.1 Å². The molecule has 0 aliphatic heterocycles. The van der Waals surface area contributed by atoms with Crippen LogP contribution in [0, 0.1) is 12.8 Å². The van der Waals surface area contributed by atoms with E-state index in [-0.39, 0.29) is 0 Å². The van der Waals surface area contributed by atoms with Gasteiger partial charge in [0.25, 0.3) is 0 Å². The third-order valence-electron chi connectivity index (χ3n) is 6.24. The van der Waals surface area contributed by atoms with Gasteiger partial charge in [-0.15, -0.1) is 0 Å². The Kier molecular flexibility index (Phi) is 90.6. The van der Waals surface area contributed by atoms with Crippen molar-refractivity contribution < 1.29 is 0 Å². The highest BCUT2D eigenvalue weighted by atomic mass is 14.8. The third kappa shape index (κ3) is 62.9. The zero-order chi connectivity index (χ0) is 39.6. The summed E-state index contributed by atoms with van der Waals surface area (Å²) in [6.45, 7) is 47.9. The van der Waals surface area contributed by atoms with Crippen molar-refractivity contribution in [2.24, 2.45) is 10.9 Å². The van der Waals surface area contributed by atoms with E-state index in [1.807, 2.05) is 81.4 Å². The van der Waals surface area contributed by atoms with E-state index in [9.17, 15) is 0 Å². The van der Waals surface area contributed by atoms with Crippen molar-refractivity contribution in [2.75, 3.05) is 0 Å². The quantitative estimate of drug-likeness (QED) is 0.106. The first-order chi connectivity index (χ1) is 23.2. The Morgan fingerprint density at radius 3 is 1.33 bits per heavy atom. The summed E-state index contributed by atoms with van der Waals surface area (Å²) in [4.78, 5) is 4.88. The van der Waals surface area contributed by atoms with Crippen LogP contribution >= 0.6 is 0 Å². The normalized spacial score (nSPS) is 10.3. The lowest BCUT2D eigenvalue weighted by Gasteiger charge is -2.10. The number of rotatable bonds is 14. The molecule has 0 fully saturated rings. The van der Waals surface area contributed by atoms with Gasteiger partial charge in [0.15, 0.2) is 0 Å². The van der Waals surface area contributed by atoms with Crippen LogP contribution in [-0.2, 0) is 6.42 Å². The molecule has 1 nitrogen and oxygen atoms in total. The van der Waals surface area contributed by atoms with Crippen LogP contribution in [-0.4, -0.2) is 5.71 Å². The van der Waals surface area contributed by atoms with Crippen molar-refractivity contribution in [3.8, 4) is 0 Å². The smallest absolute Gasteiger partial charge is 0.0621 e. The summed E-state index contributed by atoms with van der Waals surface area (Å²) < 4.78 is 0. The Hall–Kier alpha value is -1.89. The molecule has 48 heavy (non-hydrogen) atoms. The Morgan fingerprint density at radius 1 is 0.646 bits per heavy atom. The minimum atomic E-state index is 0.681. The summed E-state index contributed by atoms with van der Waals surface area (Å²) in [7, 11) is 0. The van der Waals surface area contributed by atoms with Gasteiger partial charge in [-0.1, -0.05) is 243 Å². The maximum absolute atomic E-state index is 4.88. The van der Waals surface area contributed by atoms with Gasteiger partial charge in [-0.25, -0.2) is 0 Å².